The third-order valence-electron chi connectivity index (χ3n) is 2.89. The lowest BCUT2D eigenvalue weighted by molar-refractivity contribution is -0.139. The van der Waals surface area contributed by atoms with Crippen molar-refractivity contribution in [2.45, 2.75) is 13.5 Å². The number of hydrogen-bond acceptors (Lipinski definition) is 6. The standard InChI is InChI=1S/C16H17NO5/c1-4-5-16(18)21-10-12-9-14(22-17-12)11-6-7-13(19-2)15(8-11)20-3/h4-9H,10H2,1-3H3/b5-4-. The second-order valence-electron chi connectivity index (χ2n) is 4.36. The van der Waals surface area contributed by atoms with E-state index in [1.54, 1.807) is 45.4 Å². The Hall–Kier alpha value is -2.76. The molecule has 0 amide bonds. The number of carbonyl (C=O) groups is 1. The quantitative estimate of drug-likeness (QED) is 0.603. The van der Waals surface area contributed by atoms with Gasteiger partial charge in [0.05, 0.1) is 14.2 Å². The second-order valence-corrected chi connectivity index (χ2v) is 4.36. The van der Waals surface area contributed by atoms with Crippen LogP contribution in [-0.2, 0) is 16.1 Å². The molecule has 1 heterocycles. The van der Waals surface area contributed by atoms with Crippen LogP contribution < -0.4 is 9.47 Å². The molecule has 0 aliphatic heterocycles. The first-order valence-electron chi connectivity index (χ1n) is 6.65. The Bertz CT molecular complexity index is 675. The maximum atomic E-state index is 11.2. The highest BCUT2D eigenvalue weighted by Gasteiger charge is 2.11. The summed E-state index contributed by atoms with van der Waals surface area (Å²) in [7, 11) is 3.14. The number of rotatable bonds is 6. The van der Waals surface area contributed by atoms with Crippen LogP contribution in [0.15, 0.2) is 40.9 Å². The summed E-state index contributed by atoms with van der Waals surface area (Å²) in [5.74, 6) is 1.36. The Morgan fingerprint density at radius 2 is 2.00 bits per heavy atom. The minimum atomic E-state index is -0.418. The van der Waals surface area contributed by atoms with Gasteiger partial charge in [-0.15, -0.1) is 0 Å². The first-order valence-corrected chi connectivity index (χ1v) is 6.65. The number of allylic oxidation sites excluding steroid dienone is 1. The molecule has 0 saturated carbocycles. The van der Waals surface area contributed by atoms with Crippen molar-refractivity contribution < 1.29 is 23.5 Å². The van der Waals surface area contributed by atoms with E-state index in [0.717, 1.165) is 5.56 Å². The largest absolute Gasteiger partial charge is 0.493 e. The summed E-state index contributed by atoms with van der Waals surface area (Å²) in [4.78, 5) is 11.2. The smallest absolute Gasteiger partial charge is 0.330 e. The Morgan fingerprint density at radius 3 is 2.68 bits per heavy atom. The van der Waals surface area contributed by atoms with Gasteiger partial charge in [0.15, 0.2) is 17.3 Å². The van der Waals surface area contributed by atoms with E-state index in [1.165, 1.54) is 6.08 Å². The molecular weight excluding hydrogens is 286 g/mol. The maximum Gasteiger partial charge on any atom is 0.330 e. The lowest BCUT2D eigenvalue weighted by atomic mass is 10.1. The Kier molecular flexibility index (Phi) is 5.19. The van der Waals surface area contributed by atoms with E-state index in [-0.39, 0.29) is 6.61 Å². The van der Waals surface area contributed by atoms with Crippen LogP contribution in [0.1, 0.15) is 12.6 Å². The summed E-state index contributed by atoms with van der Waals surface area (Å²) < 4.78 is 20.7. The predicted molar refractivity (Wildman–Crippen MR) is 79.7 cm³/mol. The van der Waals surface area contributed by atoms with E-state index in [9.17, 15) is 4.79 Å². The van der Waals surface area contributed by atoms with Gasteiger partial charge in [-0.3, -0.25) is 0 Å². The fourth-order valence-electron chi connectivity index (χ4n) is 1.83. The molecule has 0 saturated heterocycles. The van der Waals surface area contributed by atoms with Crippen LogP contribution in [0.5, 0.6) is 11.5 Å². The number of ether oxygens (including phenoxy) is 3. The second kappa shape index (κ2) is 7.31. The fourth-order valence-corrected chi connectivity index (χ4v) is 1.83. The Morgan fingerprint density at radius 1 is 1.23 bits per heavy atom. The lowest BCUT2D eigenvalue weighted by Crippen LogP contribution is -2.00. The number of methoxy groups -OCH3 is 2. The topological polar surface area (TPSA) is 70.8 Å². The maximum absolute atomic E-state index is 11.2. The van der Waals surface area contributed by atoms with E-state index in [2.05, 4.69) is 5.16 Å². The van der Waals surface area contributed by atoms with E-state index in [1.807, 2.05) is 6.07 Å². The minimum absolute atomic E-state index is 0.0555. The molecule has 1 aromatic heterocycles. The van der Waals surface area contributed by atoms with E-state index in [0.29, 0.717) is 23.0 Å². The molecule has 6 heteroatoms. The molecular formula is C16H17NO5. The van der Waals surface area contributed by atoms with Gasteiger partial charge in [-0.2, -0.15) is 0 Å². The van der Waals surface area contributed by atoms with Crippen LogP contribution in [0.2, 0.25) is 0 Å². The Labute approximate surface area is 128 Å². The highest BCUT2D eigenvalue weighted by atomic mass is 16.5. The van der Waals surface area contributed by atoms with Crippen molar-refractivity contribution in [3.05, 3.63) is 42.1 Å². The highest BCUT2D eigenvalue weighted by Crippen LogP contribution is 2.32. The molecule has 0 aliphatic rings. The SMILES string of the molecule is C/C=C\C(=O)OCc1cc(-c2ccc(OC)c(OC)c2)on1. The molecule has 0 aliphatic carbocycles. The zero-order valence-corrected chi connectivity index (χ0v) is 12.7. The van der Waals surface area contributed by atoms with Gasteiger partial charge in [0, 0.05) is 17.7 Å². The minimum Gasteiger partial charge on any atom is -0.493 e. The molecule has 0 atom stereocenters. The summed E-state index contributed by atoms with van der Waals surface area (Å²) in [5.41, 5.74) is 1.32. The Balaban J connectivity index is 2.12. The van der Waals surface area contributed by atoms with E-state index in [4.69, 9.17) is 18.7 Å². The molecule has 22 heavy (non-hydrogen) atoms. The van der Waals surface area contributed by atoms with Crippen molar-refractivity contribution in [3.8, 4) is 22.8 Å². The van der Waals surface area contributed by atoms with Gasteiger partial charge in [0.1, 0.15) is 12.3 Å². The molecule has 2 aromatic rings. The summed E-state index contributed by atoms with van der Waals surface area (Å²) in [6, 6.07) is 7.11. The fraction of sp³-hybridized carbons (Fsp3) is 0.250. The monoisotopic (exact) mass is 303 g/mol. The molecule has 2 rings (SSSR count). The van der Waals surface area contributed by atoms with Crippen LogP contribution in [0, 0.1) is 0 Å². The molecule has 116 valence electrons. The number of carbonyl (C=O) groups excluding carboxylic acids is 1. The first kappa shape index (κ1) is 15.6. The molecule has 0 radical (unpaired) electrons. The predicted octanol–water partition coefficient (Wildman–Crippen LogP) is 2.98. The highest BCUT2D eigenvalue weighted by molar-refractivity contribution is 5.81. The van der Waals surface area contributed by atoms with Gasteiger partial charge in [-0.25, -0.2) is 4.79 Å². The van der Waals surface area contributed by atoms with E-state index >= 15 is 0 Å². The zero-order chi connectivity index (χ0) is 15.9. The third kappa shape index (κ3) is 3.66. The molecule has 6 nitrogen and oxygen atoms in total. The summed E-state index contributed by atoms with van der Waals surface area (Å²) in [5, 5.41) is 3.87. The van der Waals surface area contributed by atoms with Crippen LogP contribution in [0.4, 0.5) is 0 Å². The number of aromatic nitrogens is 1. The van der Waals surface area contributed by atoms with Crippen molar-refractivity contribution in [1.82, 2.24) is 5.16 Å². The van der Waals surface area contributed by atoms with Crippen molar-refractivity contribution in [2.24, 2.45) is 0 Å². The van der Waals surface area contributed by atoms with Gasteiger partial charge in [0.2, 0.25) is 0 Å². The van der Waals surface area contributed by atoms with Gasteiger partial charge in [0.25, 0.3) is 0 Å². The molecule has 1 aromatic carbocycles. The van der Waals surface area contributed by atoms with Crippen LogP contribution in [0.25, 0.3) is 11.3 Å². The van der Waals surface area contributed by atoms with Crippen molar-refractivity contribution in [1.29, 1.82) is 0 Å². The number of hydrogen-bond donors (Lipinski definition) is 0. The van der Waals surface area contributed by atoms with Gasteiger partial charge >= 0.3 is 5.97 Å². The van der Waals surface area contributed by atoms with E-state index < -0.39 is 5.97 Å². The summed E-state index contributed by atoms with van der Waals surface area (Å²) >= 11 is 0. The van der Waals surface area contributed by atoms with Crippen molar-refractivity contribution >= 4 is 5.97 Å². The van der Waals surface area contributed by atoms with Gasteiger partial charge in [-0.1, -0.05) is 11.2 Å². The molecule has 0 unspecified atom stereocenters. The number of nitrogens with zero attached hydrogens (tertiary/aromatic N) is 1. The number of esters is 1. The lowest BCUT2D eigenvalue weighted by Gasteiger charge is -2.07. The molecule has 0 fully saturated rings. The number of benzene rings is 1. The first-order chi connectivity index (χ1) is 10.7. The van der Waals surface area contributed by atoms with Gasteiger partial charge in [-0.05, 0) is 25.1 Å². The van der Waals surface area contributed by atoms with Crippen LogP contribution in [-0.4, -0.2) is 25.3 Å². The normalized spacial score (nSPS) is 10.7. The van der Waals surface area contributed by atoms with Crippen molar-refractivity contribution in [2.75, 3.05) is 14.2 Å². The molecule has 0 spiro atoms. The summed E-state index contributed by atoms with van der Waals surface area (Å²) in [6.07, 6.45) is 2.95. The zero-order valence-electron chi connectivity index (χ0n) is 12.7. The molecule has 0 N–H and O–H groups in total. The average Bonchev–Trinajstić information content (AvgIpc) is 3.01. The van der Waals surface area contributed by atoms with Crippen molar-refractivity contribution in [3.63, 3.8) is 0 Å². The summed E-state index contributed by atoms with van der Waals surface area (Å²) in [6.45, 7) is 1.80. The average molecular weight is 303 g/mol. The van der Waals surface area contributed by atoms with Crippen LogP contribution >= 0.6 is 0 Å². The van der Waals surface area contributed by atoms with Gasteiger partial charge < -0.3 is 18.7 Å². The van der Waals surface area contributed by atoms with Crippen LogP contribution in [0.3, 0.4) is 0 Å². The third-order valence-corrected chi connectivity index (χ3v) is 2.89. The molecule has 0 bridgehead atoms.